The first-order chi connectivity index (χ1) is 17.7. The predicted molar refractivity (Wildman–Crippen MR) is 132 cm³/mol. The van der Waals surface area contributed by atoms with Gasteiger partial charge in [0.2, 0.25) is 0 Å². The number of amides is 2. The lowest BCUT2D eigenvalue weighted by molar-refractivity contribution is -0.0964. The zero-order valence-corrected chi connectivity index (χ0v) is 20.4. The molecular weight excluding hydrogens is 508 g/mol. The van der Waals surface area contributed by atoms with Crippen molar-refractivity contribution in [1.82, 2.24) is 15.3 Å². The number of hydrogen-bond donors (Lipinski definition) is 2. The number of nitrogens with one attached hydrogen (secondary N) is 2. The maximum Gasteiger partial charge on any atom is 0.487 e. The largest absolute Gasteiger partial charge is 0.487 e. The van der Waals surface area contributed by atoms with Crippen LogP contribution in [0.1, 0.15) is 32.8 Å². The number of benzene rings is 1. The number of rotatable bonds is 7. The quantitative estimate of drug-likeness (QED) is 0.445. The molecule has 3 aromatic rings. The molecule has 0 aliphatic carbocycles. The van der Waals surface area contributed by atoms with E-state index in [2.05, 4.69) is 30.2 Å². The summed E-state index contributed by atoms with van der Waals surface area (Å²) in [6.45, 7) is 1.73. The third-order valence-corrected chi connectivity index (χ3v) is 6.27. The lowest BCUT2D eigenvalue weighted by Crippen LogP contribution is -2.24. The van der Waals surface area contributed by atoms with Crippen molar-refractivity contribution in [2.75, 3.05) is 30.4 Å². The number of hydrogen-bond acceptors (Lipinski definition) is 7. The number of methoxy groups -OCH3 is 1. The van der Waals surface area contributed by atoms with Gasteiger partial charge in [-0.15, -0.1) is 8.78 Å². The molecular formula is C25H22ClF2N5O4. The van der Waals surface area contributed by atoms with Gasteiger partial charge >= 0.3 is 5.57 Å². The van der Waals surface area contributed by atoms with Gasteiger partial charge in [-0.05, 0) is 42.8 Å². The molecule has 0 radical (unpaired) electrons. The fourth-order valence-corrected chi connectivity index (χ4v) is 4.43. The molecule has 1 saturated heterocycles. The van der Waals surface area contributed by atoms with Crippen LogP contribution in [0.3, 0.4) is 0 Å². The molecule has 1 atom stereocenters. The Balaban J connectivity index is 1.44. The van der Waals surface area contributed by atoms with Gasteiger partial charge in [0.25, 0.3) is 11.8 Å². The molecule has 5 rings (SSSR count). The van der Waals surface area contributed by atoms with Crippen LogP contribution in [0.25, 0.3) is 11.1 Å². The van der Waals surface area contributed by atoms with Crippen LogP contribution in [-0.4, -0.2) is 53.7 Å². The predicted octanol–water partition coefficient (Wildman–Crippen LogP) is 4.03. The number of ether oxygens (including phenoxy) is 2. The lowest BCUT2D eigenvalue weighted by Gasteiger charge is -2.21. The van der Waals surface area contributed by atoms with E-state index in [-0.39, 0.29) is 23.3 Å². The van der Waals surface area contributed by atoms with Crippen molar-refractivity contribution in [3.63, 3.8) is 0 Å². The number of aromatic nitrogens is 2. The third kappa shape index (κ3) is 5.47. The summed E-state index contributed by atoms with van der Waals surface area (Å²) in [6.07, 6.45) is 4.02. The average molecular weight is 530 g/mol. The van der Waals surface area contributed by atoms with E-state index in [1.54, 1.807) is 25.4 Å². The summed E-state index contributed by atoms with van der Waals surface area (Å²) in [7, 11) is 1.67. The van der Waals surface area contributed by atoms with Crippen LogP contribution in [-0.2, 0) is 11.3 Å². The van der Waals surface area contributed by atoms with E-state index < -0.39 is 11.5 Å². The third-order valence-electron chi connectivity index (χ3n) is 6.19. The molecule has 192 valence electrons. The van der Waals surface area contributed by atoms with Gasteiger partial charge in [-0.25, -0.2) is 4.98 Å². The summed E-state index contributed by atoms with van der Waals surface area (Å²) in [4.78, 5) is 36.4. The number of nitrogens with zero attached hydrogens (tertiary/aromatic N) is 3. The summed E-state index contributed by atoms with van der Waals surface area (Å²) in [6, 6.07) is 8.80. The van der Waals surface area contributed by atoms with Crippen molar-refractivity contribution in [3.8, 4) is 16.9 Å². The maximum absolute atomic E-state index is 13.0. The highest BCUT2D eigenvalue weighted by Gasteiger charge is 2.29. The number of alkyl halides is 3. The molecule has 2 aromatic heterocycles. The highest BCUT2D eigenvalue weighted by Crippen LogP contribution is 2.34. The highest BCUT2D eigenvalue weighted by molar-refractivity contribution is 6.20. The van der Waals surface area contributed by atoms with Crippen LogP contribution >= 0.6 is 11.6 Å². The Bertz CT molecular complexity index is 1350. The second-order valence-corrected chi connectivity index (χ2v) is 9.05. The summed E-state index contributed by atoms with van der Waals surface area (Å²) in [5.74, 6) is -0.161. The first-order valence-corrected chi connectivity index (χ1v) is 11.8. The molecule has 2 amide bonds. The first-order valence-electron chi connectivity index (χ1n) is 11.4. The normalized spacial score (nSPS) is 16.9. The second-order valence-electron chi connectivity index (χ2n) is 8.61. The molecule has 0 saturated carbocycles. The minimum atomic E-state index is -3.83. The van der Waals surface area contributed by atoms with E-state index in [4.69, 9.17) is 16.3 Å². The summed E-state index contributed by atoms with van der Waals surface area (Å²) < 4.78 is 35.4. The van der Waals surface area contributed by atoms with Gasteiger partial charge in [-0.3, -0.25) is 14.6 Å². The molecule has 37 heavy (non-hydrogen) atoms. The number of halogens is 3. The standard InChI is InChI=1S/C25H22ClF2N5O4/c1-36-18-6-7-33(13-18)22-19(14-8-20-21(29-10-14)12-31-24(20)35)9-15(11-30-22)23(34)32-16-2-4-17(5-3-16)37-25(26,27)28/h2-5,8-11,18H,6-7,12-13H2,1H3,(H,31,35)(H,32,34)/t18-/m0/s1. The minimum absolute atomic E-state index is 0.0623. The van der Waals surface area contributed by atoms with Crippen LogP contribution in [0.4, 0.5) is 20.3 Å². The first kappa shape index (κ1) is 24.8. The Morgan fingerprint density at radius 2 is 1.97 bits per heavy atom. The molecule has 0 bridgehead atoms. The smallest absolute Gasteiger partial charge is 0.420 e. The molecule has 2 aliphatic rings. The SMILES string of the molecule is CO[C@H]1CCN(c2ncc(C(=O)Nc3ccc(OC(F)(F)Cl)cc3)cc2-c2cnc3c(c2)C(=O)NC3)C1. The van der Waals surface area contributed by atoms with Crippen molar-refractivity contribution in [2.24, 2.45) is 0 Å². The van der Waals surface area contributed by atoms with Crippen molar-refractivity contribution in [1.29, 1.82) is 0 Å². The van der Waals surface area contributed by atoms with Crippen LogP contribution < -0.4 is 20.3 Å². The van der Waals surface area contributed by atoms with Crippen molar-refractivity contribution in [3.05, 3.63) is 65.6 Å². The van der Waals surface area contributed by atoms with Gasteiger partial charge in [-0.2, -0.15) is 0 Å². The Labute approximate surface area is 215 Å². The van der Waals surface area contributed by atoms with E-state index in [1.807, 2.05) is 0 Å². The van der Waals surface area contributed by atoms with E-state index in [9.17, 15) is 18.4 Å². The van der Waals surface area contributed by atoms with Gasteiger partial charge in [0.15, 0.2) is 0 Å². The summed E-state index contributed by atoms with van der Waals surface area (Å²) in [5.41, 5.74) is -0.764. The number of carbonyl (C=O) groups excluding carboxylic acids is 2. The van der Waals surface area contributed by atoms with Gasteiger partial charge < -0.3 is 25.0 Å². The molecule has 0 spiro atoms. The van der Waals surface area contributed by atoms with E-state index in [0.717, 1.165) is 13.0 Å². The molecule has 4 heterocycles. The number of fused-ring (bicyclic) bond motifs is 1. The molecule has 1 fully saturated rings. The molecule has 0 unspecified atom stereocenters. The van der Waals surface area contributed by atoms with Crippen molar-refractivity contribution < 1.29 is 27.8 Å². The zero-order valence-electron chi connectivity index (χ0n) is 19.6. The zero-order chi connectivity index (χ0) is 26.2. The van der Waals surface area contributed by atoms with E-state index in [0.29, 0.717) is 47.0 Å². The van der Waals surface area contributed by atoms with Gasteiger partial charge in [0.05, 0.1) is 29.5 Å². The Morgan fingerprint density at radius 1 is 1.19 bits per heavy atom. The maximum atomic E-state index is 13.0. The second kappa shape index (κ2) is 9.91. The molecule has 2 N–H and O–H groups in total. The van der Waals surface area contributed by atoms with Crippen molar-refractivity contribution >= 4 is 34.9 Å². The lowest BCUT2D eigenvalue weighted by atomic mass is 10.0. The van der Waals surface area contributed by atoms with Crippen LogP contribution in [0.5, 0.6) is 5.75 Å². The van der Waals surface area contributed by atoms with Gasteiger partial charge in [0, 0.05) is 61.0 Å². The topological polar surface area (TPSA) is 106 Å². The average Bonchev–Trinajstić information content (AvgIpc) is 3.50. The van der Waals surface area contributed by atoms with Gasteiger partial charge in [-0.1, -0.05) is 0 Å². The number of carbonyl (C=O) groups is 2. The number of pyridine rings is 2. The van der Waals surface area contributed by atoms with E-state index in [1.165, 1.54) is 30.5 Å². The Hall–Kier alpha value is -3.83. The summed E-state index contributed by atoms with van der Waals surface area (Å²) in [5, 5.41) is 5.47. The molecule has 9 nitrogen and oxygen atoms in total. The van der Waals surface area contributed by atoms with Crippen molar-refractivity contribution in [2.45, 2.75) is 24.6 Å². The Morgan fingerprint density at radius 3 is 2.68 bits per heavy atom. The molecule has 12 heteroatoms. The fourth-order valence-electron chi connectivity index (χ4n) is 4.34. The van der Waals surface area contributed by atoms with Gasteiger partial charge in [0.1, 0.15) is 11.6 Å². The molecule has 2 aliphatic heterocycles. The van der Waals surface area contributed by atoms with Crippen LogP contribution in [0.15, 0.2) is 48.8 Å². The van der Waals surface area contributed by atoms with E-state index >= 15 is 0 Å². The van der Waals surface area contributed by atoms with Crippen LogP contribution in [0, 0.1) is 0 Å². The molecule has 1 aromatic carbocycles. The fraction of sp³-hybridized carbons (Fsp3) is 0.280. The van der Waals surface area contributed by atoms with Crippen LogP contribution in [0.2, 0.25) is 0 Å². The minimum Gasteiger partial charge on any atom is -0.420 e. The number of anilines is 2. The monoisotopic (exact) mass is 529 g/mol. The Kier molecular flexibility index (Phi) is 6.65. The summed E-state index contributed by atoms with van der Waals surface area (Å²) >= 11 is 4.78. The highest BCUT2D eigenvalue weighted by atomic mass is 35.5.